The van der Waals surface area contributed by atoms with Crippen molar-refractivity contribution in [3.8, 4) is 11.5 Å². The maximum absolute atomic E-state index is 5.56. The average molecular weight is 225 g/mol. The highest BCUT2D eigenvalue weighted by Gasteiger charge is 2.05. The van der Waals surface area contributed by atoms with Gasteiger partial charge in [-0.05, 0) is 26.0 Å². The van der Waals surface area contributed by atoms with Crippen LogP contribution in [0.5, 0.6) is 11.5 Å². The molecule has 2 N–H and O–H groups in total. The highest BCUT2D eigenvalue weighted by Crippen LogP contribution is 2.23. The van der Waals surface area contributed by atoms with Crippen LogP contribution in [0.15, 0.2) is 18.2 Å². The van der Waals surface area contributed by atoms with Gasteiger partial charge in [-0.15, -0.1) is 0 Å². The second kappa shape index (κ2) is 4.98. The van der Waals surface area contributed by atoms with E-state index >= 15 is 0 Å². The molecule has 0 saturated heterocycles. The van der Waals surface area contributed by atoms with Gasteiger partial charge in [-0.3, -0.25) is 0 Å². The van der Waals surface area contributed by atoms with Crippen molar-refractivity contribution in [1.29, 1.82) is 0 Å². The summed E-state index contributed by atoms with van der Waals surface area (Å²) in [4.78, 5) is 0.336. The molecule has 82 valence electrons. The highest BCUT2D eigenvalue weighted by atomic mass is 32.1. The Morgan fingerprint density at radius 1 is 1.27 bits per heavy atom. The molecule has 1 rings (SSSR count). The molecule has 0 atom stereocenters. The second-order valence-corrected chi connectivity index (χ2v) is 3.87. The predicted molar refractivity (Wildman–Crippen MR) is 64.6 cm³/mol. The molecule has 1 aromatic rings. The molecule has 0 aliphatic rings. The van der Waals surface area contributed by atoms with Gasteiger partial charge >= 0.3 is 0 Å². The fourth-order valence-corrected chi connectivity index (χ4v) is 1.29. The van der Waals surface area contributed by atoms with Crippen LogP contribution in [0.1, 0.15) is 19.4 Å². The first kappa shape index (κ1) is 11.8. The number of hydrogen-bond acceptors (Lipinski definition) is 3. The summed E-state index contributed by atoms with van der Waals surface area (Å²) in [7, 11) is 1.60. The fraction of sp³-hybridized carbons (Fsp3) is 0.364. The molecular weight excluding hydrogens is 210 g/mol. The Balaban J connectivity index is 3.05. The van der Waals surface area contributed by atoms with Crippen LogP contribution in [0.3, 0.4) is 0 Å². The highest BCUT2D eigenvalue weighted by molar-refractivity contribution is 7.80. The largest absolute Gasteiger partial charge is 0.497 e. The Labute approximate surface area is 95.2 Å². The van der Waals surface area contributed by atoms with E-state index in [4.69, 9.17) is 27.4 Å². The Morgan fingerprint density at radius 2 is 1.87 bits per heavy atom. The molecule has 0 fully saturated rings. The first-order valence-corrected chi connectivity index (χ1v) is 5.09. The van der Waals surface area contributed by atoms with Crippen molar-refractivity contribution in [2.45, 2.75) is 20.0 Å². The van der Waals surface area contributed by atoms with Gasteiger partial charge in [0.1, 0.15) is 16.5 Å². The summed E-state index contributed by atoms with van der Waals surface area (Å²) in [6, 6.07) is 5.40. The van der Waals surface area contributed by atoms with Crippen molar-refractivity contribution in [3.63, 3.8) is 0 Å². The zero-order valence-electron chi connectivity index (χ0n) is 9.11. The third-order valence-electron chi connectivity index (χ3n) is 1.77. The van der Waals surface area contributed by atoms with Crippen LogP contribution in [-0.4, -0.2) is 18.2 Å². The lowest BCUT2D eigenvalue weighted by atomic mass is 10.2. The van der Waals surface area contributed by atoms with Crippen molar-refractivity contribution in [2.75, 3.05) is 7.11 Å². The Bertz CT molecular complexity index is 364. The van der Waals surface area contributed by atoms with E-state index in [-0.39, 0.29) is 6.10 Å². The monoisotopic (exact) mass is 225 g/mol. The zero-order valence-corrected chi connectivity index (χ0v) is 9.93. The maximum Gasteiger partial charge on any atom is 0.124 e. The van der Waals surface area contributed by atoms with Gasteiger partial charge in [-0.2, -0.15) is 0 Å². The molecule has 0 aromatic heterocycles. The molecular formula is C11H15NO2S. The molecule has 0 saturated carbocycles. The molecule has 0 heterocycles. The molecule has 1 aromatic carbocycles. The lowest BCUT2D eigenvalue weighted by Crippen LogP contribution is -2.11. The smallest absolute Gasteiger partial charge is 0.124 e. The molecule has 0 spiro atoms. The van der Waals surface area contributed by atoms with E-state index in [1.54, 1.807) is 13.2 Å². The number of thiocarbonyl (C=S) groups is 1. The number of hydrogen-bond donors (Lipinski definition) is 1. The van der Waals surface area contributed by atoms with Crippen LogP contribution in [0.2, 0.25) is 0 Å². The van der Waals surface area contributed by atoms with E-state index in [1.165, 1.54) is 0 Å². The van der Waals surface area contributed by atoms with Gasteiger partial charge in [0.25, 0.3) is 0 Å². The van der Waals surface area contributed by atoms with Gasteiger partial charge in [-0.1, -0.05) is 12.2 Å². The molecule has 0 aliphatic carbocycles. The predicted octanol–water partition coefficient (Wildman–Crippen LogP) is 2.12. The first-order valence-electron chi connectivity index (χ1n) is 4.68. The van der Waals surface area contributed by atoms with Crippen LogP contribution in [0, 0.1) is 0 Å². The van der Waals surface area contributed by atoms with E-state index in [0.29, 0.717) is 16.5 Å². The van der Waals surface area contributed by atoms with Gasteiger partial charge in [0.2, 0.25) is 0 Å². The van der Waals surface area contributed by atoms with Gasteiger partial charge in [0.15, 0.2) is 0 Å². The minimum Gasteiger partial charge on any atom is -0.497 e. The minimum atomic E-state index is 0.108. The fourth-order valence-electron chi connectivity index (χ4n) is 1.17. The lowest BCUT2D eigenvalue weighted by molar-refractivity contribution is 0.241. The summed E-state index contributed by atoms with van der Waals surface area (Å²) in [5, 5.41) is 0. The number of nitrogens with two attached hydrogens (primary N) is 1. The normalized spacial score (nSPS) is 10.1. The standard InChI is InChI=1S/C11H15NO2S/c1-7(2)14-10-5-8(11(12)15)4-9(6-10)13-3/h4-7H,1-3H3,(H2,12,15). The quantitative estimate of drug-likeness (QED) is 0.797. The summed E-state index contributed by atoms with van der Waals surface area (Å²) in [5.74, 6) is 1.41. The third-order valence-corrected chi connectivity index (χ3v) is 2.01. The molecule has 4 heteroatoms. The van der Waals surface area contributed by atoms with Crippen LogP contribution in [-0.2, 0) is 0 Å². The summed E-state index contributed by atoms with van der Waals surface area (Å²) in [5.41, 5.74) is 6.31. The van der Waals surface area contributed by atoms with E-state index in [9.17, 15) is 0 Å². The van der Waals surface area contributed by atoms with Gasteiger partial charge in [-0.25, -0.2) is 0 Å². The minimum absolute atomic E-state index is 0.108. The average Bonchev–Trinajstić information content (AvgIpc) is 2.16. The number of rotatable bonds is 4. The Kier molecular flexibility index (Phi) is 3.91. The Hall–Kier alpha value is -1.29. The Morgan fingerprint density at radius 3 is 2.33 bits per heavy atom. The van der Waals surface area contributed by atoms with Crippen molar-refractivity contribution in [1.82, 2.24) is 0 Å². The van der Waals surface area contributed by atoms with E-state index < -0.39 is 0 Å². The van der Waals surface area contributed by atoms with E-state index in [1.807, 2.05) is 26.0 Å². The summed E-state index contributed by atoms with van der Waals surface area (Å²) in [6.45, 7) is 3.92. The molecule has 15 heavy (non-hydrogen) atoms. The first-order chi connectivity index (χ1) is 7.02. The van der Waals surface area contributed by atoms with Crippen LogP contribution in [0.25, 0.3) is 0 Å². The SMILES string of the molecule is COc1cc(OC(C)C)cc(C(N)=S)c1. The molecule has 3 nitrogen and oxygen atoms in total. The molecule has 0 amide bonds. The van der Waals surface area contributed by atoms with Crippen molar-refractivity contribution in [3.05, 3.63) is 23.8 Å². The third kappa shape index (κ3) is 3.40. The molecule has 0 unspecified atom stereocenters. The van der Waals surface area contributed by atoms with E-state index in [0.717, 1.165) is 5.56 Å². The number of methoxy groups -OCH3 is 1. The van der Waals surface area contributed by atoms with Crippen LogP contribution in [0.4, 0.5) is 0 Å². The maximum atomic E-state index is 5.56. The van der Waals surface area contributed by atoms with E-state index in [2.05, 4.69) is 0 Å². The van der Waals surface area contributed by atoms with Gasteiger partial charge in [0.05, 0.1) is 13.2 Å². The van der Waals surface area contributed by atoms with Crippen molar-refractivity contribution >= 4 is 17.2 Å². The summed E-state index contributed by atoms with van der Waals surface area (Å²) in [6.07, 6.45) is 0.108. The van der Waals surface area contributed by atoms with Crippen LogP contribution < -0.4 is 15.2 Å². The topological polar surface area (TPSA) is 44.5 Å². The van der Waals surface area contributed by atoms with Crippen LogP contribution >= 0.6 is 12.2 Å². The van der Waals surface area contributed by atoms with Gasteiger partial charge in [0, 0.05) is 11.6 Å². The molecule has 0 aliphatic heterocycles. The molecule has 0 radical (unpaired) electrons. The summed E-state index contributed by atoms with van der Waals surface area (Å²) < 4.78 is 10.7. The number of ether oxygens (including phenoxy) is 2. The lowest BCUT2D eigenvalue weighted by Gasteiger charge is -2.12. The zero-order chi connectivity index (χ0) is 11.4. The summed E-state index contributed by atoms with van der Waals surface area (Å²) >= 11 is 4.91. The van der Waals surface area contributed by atoms with Crippen molar-refractivity contribution < 1.29 is 9.47 Å². The van der Waals surface area contributed by atoms with Gasteiger partial charge < -0.3 is 15.2 Å². The van der Waals surface area contributed by atoms with Crippen molar-refractivity contribution in [2.24, 2.45) is 5.73 Å². The molecule has 0 bridgehead atoms. The number of benzene rings is 1. The second-order valence-electron chi connectivity index (χ2n) is 3.43.